The van der Waals surface area contributed by atoms with Gasteiger partial charge in [0.15, 0.2) is 0 Å². The van der Waals surface area contributed by atoms with Crippen LogP contribution in [0, 0.1) is 11.8 Å². The predicted molar refractivity (Wildman–Crippen MR) is 252 cm³/mol. The van der Waals surface area contributed by atoms with E-state index in [-0.39, 0.29) is 0 Å². The van der Waals surface area contributed by atoms with Crippen LogP contribution >= 0.6 is 0 Å². The summed E-state index contributed by atoms with van der Waals surface area (Å²) in [6.07, 6.45) is 7.72. The van der Waals surface area contributed by atoms with Crippen LogP contribution in [0.3, 0.4) is 0 Å². The Morgan fingerprint density at radius 2 is 0.879 bits per heavy atom. The number of fused-ring (bicyclic) bond motifs is 5. The van der Waals surface area contributed by atoms with E-state index >= 15 is 0 Å². The molecule has 6 aromatic rings. The van der Waals surface area contributed by atoms with Crippen LogP contribution in [0.1, 0.15) is 121 Å². The third kappa shape index (κ3) is 6.97. The summed E-state index contributed by atoms with van der Waals surface area (Å²) in [6, 6.07) is 50.2. The molecule has 2 aliphatic carbocycles. The quantitative estimate of drug-likeness (QED) is 0.113. The van der Waals surface area contributed by atoms with Gasteiger partial charge >= 0.3 is 361 Å². The van der Waals surface area contributed by atoms with E-state index in [0.29, 0.717) is 31.0 Å². The van der Waals surface area contributed by atoms with Crippen molar-refractivity contribution < 1.29 is 21.4 Å². The molecule has 2 unspecified atom stereocenters. The van der Waals surface area contributed by atoms with E-state index < -0.39 is 31.0 Å². The maximum absolute atomic E-state index is 3.17. The zero-order chi connectivity index (χ0) is 40.2. The fourth-order valence-electron chi connectivity index (χ4n) is 10.8. The van der Waals surface area contributed by atoms with E-state index in [2.05, 4.69) is 195 Å². The summed E-state index contributed by atoms with van der Waals surface area (Å²) in [5.41, 5.74) is 21.2. The van der Waals surface area contributed by atoms with Gasteiger partial charge in [-0.05, 0) is 0 Å². The predicted octanol–water partition coefficient (Wildman–Crippen LogP) is 13.0. The molecule has 0 amide bonds. The van der Waals surface area contributed by atoms with E-state index in [1.54, 1.807) is 38.2 Å². The van der Waals surface area contributed by atoms with Crippen molar-refractivity contribution in [2.24, 2.45) is 11.8 Å². The summed E-state index contributed by atoms with van der Waals surface area (Å²) in [6.45, 7) is 19.2. The zero-order valence-electron chi connectivity index (χ0n) is 35.9. The van der Waals surface area contributed by atoms with Gasteiger partial charge in [0, 0.05) is 0 Å². The number of hydrogen-bond donors (Lipinski definition) is 0. The first kappa shape index (κ1) is 39.4. The standard InChI is InChI=1S/2C22H25.C12H9Si.Hf/c2*1-15(2)12-17-13-18-8-7-11-21(22(18)14-17)20-10-6-5-9-19(20)16(3)4;1-3-7-11-9(5-1)10-6-2-4-8-12(10)13-11;/h2*5-11,13-16H,12H2,1-4H3;1-7H,13H2;. The van der Waals surface area contributed by atoms with Crippen LogP contribution in [-0.2, 0) is 21.4 Å². The van der Waals surface area contributed by atoms with Crippen LogP contribution in [0.4, 0.5) is 0 Å². The van der Waals surface area contributed by atoms with E-state index in [4.69, 9.17) is 0 Å². The molecule has 0 radical (unpaired) electrons. The van der Waals surface area contributed by atoms with Gasteiger partial charge in [0.25, 0.3) is 0 Å². The fraction of sp³-hybridized carbons (Fsp3) is 0.286. The molecule has 0 bridgehead atoms. The molecule has 0 fully saturated rings. The Morgan fingerprint density at radius 1 is 0.448 bits per heavy atom. The average molecular weight is 939 g/mol. The summed E-state index contributed by atoms with van der Waals surface area (Å²) in [5, 5.41) is 3.40. The van der Waals surface area contributed by atoms with Crippen LogP contribution in [0.5, 0.6) is 0 Å². The zero-order valence-corrected chi connectivity index (χ0v) is 40.9. The Hall–Kier alpha value is -4.11. The van der Waals surface area contributed by atoms with E-state index in [9.17, 15) is 0 Å². The number of rotatable bonds is 11. The first-order valence-corrected chi connectivity index (χ1v) is 29.4. The maximum atomic E-state index is 2.71. The van der Waals surface area contributed by atoms with Crippen LogP contribution in [0.15, 0.2) is 139 Å². The second-order valence-corrected chi connectivity index (χ2v) is 29.9. The molecule has 0 aromatic heterocycles. The number of hydrogen-bond acceptors (Lipinski definition) is 0. The van der Waals surface area contributed by atoms with Gasteiger partial charge in [0.05, 0.1) is 0 Å². The minimum absolute atomic E-state index is 0.461. The average Bonchev–Trinajstić information content (AvgIpc) is 3.89. The summed E-state index contributed by atoms with van der Waals surface area (Å²) >= 11 is -3.17. The van der Waals surface area contributed by atoms with Gasteiger partial charge in [-0.3, -0.25) is 0 Å². The summed E-state index contributed by atoms with van der Waals surface area (Å²) in [4.78, 5) is 0. The molecule has 0 saturated heterocycles. The van der Waals surface area contributed by atoms with Gasteiger partial charge in [-0.2, -0.15) is 0 Å². The fourth-order valence-corrected chi connectivity index (χ4v) is 30.1. The molecular formula is C56H59HfSi. The Balaban J connectivity index is 1.32. The van der Waals surface area contributed by atoms with Crippen LogP contribution < -0.4 is 13.7 Å². The van der Waals surface area contributed by atoms with Crippen molar-refractivity contribution in [1.82, 2.24) is 0 Å². The molecule has 58 heavy (non-hydrogen) atoms. The molecule has 0 N–H and O–H groups in total. The molecular weight excluding hydrogens is 879 g/mol. The molecule has 0 spiro atoms. The topological polar surface area (TPSA) is 0 Å². The Morgan fingerprint density at radius 3 is 1.38 bits per heavy atom. The molecule has 9 rings (SSSR count). The monoisotopic (exact) mass is 939 g/mol. The summed E-state index contributed by atoms with van der Waals surface area (Å²) in [7, 11) is -0.628. The Kier molecular flexibility index (Phi) is 11.0. The van der Waals surface area contributed by atoms with Crippen LogP contribution in [-0.4, -0.2) is 9.52 Å². The van der Waals surface area contributed by atoms with E-state index in [1.807, 2.05) is 3.32 Å². The van der Waals surface area contributed by atoms with Gasteiger partial charge in [-0.15, -0.1) is 0 Å². The van der Waals surface area contributed by atoms with Crippen molar-refractivity contribution >= 4 is 35.4 Å². The van der Waals surface area contributed by atoms with E-state index in [1.165, 1.54) is 50.1 Å². The number of allylic oxidation sites excluding steroid dienone is 2. The summed E-state index contributed by atoms with van der Waals surface area (Å²) in [5.74, 6) is 2.09. The second kappa shape index (κ2) is 16.2. The Bertz CT molecular complexity index is 2450. The summed E-state index contributed by atoms with van der Waals surface area (Å²) < 4.78 is 2.78. The van der Waals surface area contributed by atoms with Crippen LogP contribution in [0.25, 0.3) is 45.5 Å². The second-order valence-electron chi connectivity index (χ2n) is 18.7. The molecule has 2 heteroatoms. The molecule has 2 atom stereocenters. The van der Waals surface area contributed by atoms with Gasteiger partial charge < -0.3 is 0 Å². The Labute approximate surface area is 358 Å². The molecule has 1 aliphatic heterocycles. The van der Waals surface area contributed by atoms with Crippen molar-refractivity contribution in [1.29, 1.82) is 0 Å². The number of benzene rings is 6. The minimum atomic E-state index is -3.17. The third-order valence-electron chi connectivity index (χ3n) is 13.1. The van der Waals surface area contributed by atoms with Crippen molar-refractivity contribution in [2.45, 2.75) is 87.4 Å². The molecule has 291 valence electrons. The molecule has 3 aliphatic rings. The van der Waals surface area contributed by atoms with Crippen molar-refractivity contribution in [3.05, 3.63) is 172 Å². The van der Waals surface area contributed by atoms with Gasteiger partial charge in [0.2, 0.25) is 0 Å². The van der Waals surface area contributed by atoms with Crippen molar-refractivity contribution in [2.75, 3.05) is 0 Å². The molecule has 0 nitrogen and oxygen atoms in total. The van der Waals surface area contributed by atoms with Gasteiger partial charge in [-0.25, -0.2) is 0 Å². The van der Waals surface area contributed by atoms with E-state index in [0.717, 1.165) is 12.8 Å². The SMILES string of the molecule is CC(C)CC1=Cc2c(-c3ccccc3C(C)C)cccc2[CH]1[Hf]([c]1cccc2c1[SiH2]c1ccccc1-2)[CH]1C(CC(C)C)=Cc2c(-c3ccccc3C(C)C)cccc21. The molecule has 1 heterocycles. The van der Waals surface area contributed by atoms with Crippen LogP contribution in [0.2, 0.25) is 0 Å². The first-order chi connectivity index (χ1) is 28.1. The van der Waals surface area contributed by atoms with Crippen molar-refractivity contribution in [3.63, 3.8) is 0 Å². The van der Waals surface area contributed by atoms with Crippen molar-refractivity contribution in [3.8, 4) is 33.4 Å². The first-order valence-electron chi connectivity index (χ1n) is 22.0. The molecule has 6 aromatic carbocycles. The van der Waals surface area contributed by atoms with Gasteiger partial charge in [-0.1, -0.05) is 0 Å². The molecule has 0 saturated carbocycles. The van der Waals surface area contributed by atoms with Gasteiger partial charge in [0.1, 0.15) is 0 Å². The third-order valence-corrected chi connectivity index (χ3v) is 29.8. The normalized spacial score (nSPS) is 16.9.